The average Bonchev–Trinajstić information content (AvgIpc) is 3.16. The molecule has 2 aliphatic rings. The summed E-state index contributed by atoms with van der Waals surface area (Å²) in [5, 5.41) is 0. The van der Waals surface area contributed by atoms with Crippen molar-refractivity contribution in [1.82, 2.24) is 19.3 Å². The Morgan fingerprint density at radius 3 is 2.30 bits per heavy atom. The highest BCUT2D eigenvalue weighted by Crippen LogP contribution is 2.20. The van der Waals surface area contributed by atoms with Crippen LogP contribution in [0.2, 0.25) is 0 Å². The van der Waals surface area contributed by atoms with Gasteiger partial charge in [0.2, 0.25) is 0 Å². The smallest absolute Gasteiger partial charge is 0.270 e. The van der Waals surface area contributed by atoms with Crippen molar-refractivity contribution in [2.45, 2.75) is 32.4 Å². The van der Waals surface area contributed by atoms with Crippen LogP contribution in [0.3, 0.4) is 0 Å². The van der Waals surface area contributed by atoms with Crippen LogP contribution in [0.4, 0.5) is 0 Å². The second kappa shape index (κ2) is 9.58. The van der Waals surface area contributed by atoms with Gasteiger partial charge in [-0.05, 0) is 31.0 Å². The summed E-state index contributed by atoms with van der Waals surface area (Å²) < 4.78 is 1.98. The fourth-order valence-corrected chi connectivity index (χ4v) is 4.44. The molecule has 1 aromatic carbocycles. The Hall–Kier alpha value is -2.44. The Morgan fingerprint density at radius 2 is 1.53 bits per heavy atom. The van der Waals surface area contributed by atoms with Crippen molar-refractivity contribution in [2.75, 3.05) is 46.3 Å². The number of aryl methyl sites for hydroxylation is 1. The van der Waals surface area contributed by atoms with Crippen LogP contribution in [-0.2, 0) is 13.1 Å². The molecule has 0 atom stereocenters. The van der Waals surface area contributed by atoms with E-state index in [0.717, 1.165) is 58.7 Å². The van der Waals surface area contributed by atoms with Gasteiger partial charge < -0.3 is 14.4 Å². The van der Waals surface area contributed by atoms with Crippen LogP contribution in [0.5, 0.6) is 0 Å². The highest BCUT2D eigenvalue weighted by atomic mass is 16.2. The van der Waals surface area contributed by atoms with Gasteiger partial charge in [-0.3, -0.25) is 14.5 Å². The number of Topliss-reactive ketones (excluding diaryl/α,β-unsaturated/α-hetero) is 1. The predicted molar refractivity (Wildman–Crippen MR) is 118 cm³/mol. The average molecular weight is 409 g/mol. The summed E-state index contributed by atoms with van der Waals surface area (Å²) >= 11 is 0. The minimum Gasteiger partial charge on any atom is -0.343 e. The third-order valence-electron chi connectivity index (χ3n) is 6.32. The first-order valence-electron chi connectivity index (χ1n) is 11.1. The van der Waals surface area contributed by atoms with E-state index >= 15 is 0 Å². The monoisotopic (exact) mass is 408 g/mol. The molecule has 1 aromatic heterocycles. The van der Waals surface area contributed by atoms with E-state index in [1.54, 1.807) is 11.9 Å². The molecule has 6 heteroatoms. The van der Waals surface area contributed by atoms with Crippen molar-refractivity contribution in [1.29, 1.82) is 0 Å². The van der Waals surface area contributed by atoms with E-state index in [1.807, 2.05) is 16.8 Å². The van der Waals surface area contributed by atoms with E-state index in [1.165, 1.54) is 5.56 Å². The topological polar surface area (TPSA) is 48.8 Å². The number of carbonyl (C=O) groups is 2. The Morgan fingerprint density at radius 1 is 0.833 bits per heavy atom. The van der Waals surface area contributed by atoms with Crippen molar-refractivity contribution in [3.63, 3.8) is 0 Å². The van der Waals surface area contributed by atoms with Crippen LogP contribution in [0.15, 0.2) is 42.6 Å². The maximum absolute atomic E-state index is 12.6. The Labute approximate surface area is 179 Å². The summed E-state index contributed by atoms with van der Waals surface area (Å²) in [4.78, 5) is 31.7. The summed E-state index contributed by atoms with van der Waals surface area (Å²) in [5.74, 6) is 0.0465. The van der Waals surface area contributed by atoms with Crippen LogP contribution in [0, 0.1) is 0 Å². The molecule has 0 N–H and O–H groups in total. The van der Waals surface area contributed by atoms with Gasteiger partial charge in [0.15, 0.2) is 5.78 Å². The molecule has 2 aromatic rings. The summed E-state index contributed by atoms with van der Waals surface area (Å²) in [6.07, 6.45) is 4.43. The zero-order chi connectivity index (χ0) is 20.9. The molecule has 0 saturated carbocycles. The molecule has 1 fully saturated rings. The highest BCUT2D eigenvalue weighted by Gasteiger charge is 2.28. The maximum Gasteiger partial charge on any atom is 0.270 e. The van der Waals surface area contributed by atoms with Gasteiger partial charge >= 0.3 is 0 Å². The van der Waals surface area contributed by atoms with Gasteiger partial charge in [-0.25, -0.2) is 0 Å². The van der Waals surface area contributed by atoms with Gasteiger partial charge in [-0.2, -0.15) is 0 Å². The van der Waals surface area contributed by atoms with Gasteiger partial charge in [0.25, 0.3) is 5.91 Å². The fraction of sp³-hybridized carbons (Fsp3) is 0.500. The van der Waals surface area contributed by atoms with Gasteiger partial charge in [0.1, 0.15) is 5.69 Å². The number of aromatic nitrogens is 1. The molecule has 1 saturated heterocycles. The molecule has 3 heterocycles. The summed E-state index contributed by atoms with van der Waals surface area (Å²) in [7, 11) is 1.78. The van der Waals surface area contributed by atoms with Crippen LogP contribution in [0.1, 0.15) is 45.7 Å². The molecule has 160 valence electrons. The fourth-order valence-electron chi connectivity index (χ4n) is 4.44. The first-order valence-corrected chi connectivity index (χ1v) is 11.1. The van der Waals surface area contributed by atoms with Crippen LogP contribution >= 0.6 is 0 Å². The van der Waals surface area contributed by atoms with Crippen LogP contribution in [-0.4, -0.2) is 77.3 Å². The zero-order valence-electron chi connectivity index (χ0n) is 17.9. The first-order chi connectivity index (χ1) is 14.6. The molecule has 0 aliphatic carbocycles. The van der Waals surface area contributed by atoms with E-state index in [9.17, 15) is 9.59 Å². The zero-order valence-corrected chi connectivity index (χ0v) is 17.9. The van der Waals surface area contributed by atoms with Crippen molar-refractivity contribution in [3.05, 3.63) is 59.4 Å². The molecule has 2 aliphatic heterocycles. The van der Waals surface area contributed by atoms with Gasteiger partial charge in [-0.1, -0.05) is 30.3 Å². The van der Waals surface area contributed by atoms with Gasteiger partial charge in [0.05, 0.1) is 0 Å². The van der Waals surface area contributed by atoms with Crippen molar-refractivity contribution < 1.29 is 9.59 Å². The molecular formula is C24H32N4O2. The lowest BCUT2D eigenvalue weighted by molar-refractivity contribution is 0.0787. The van der Waals surface area contributed by atoms with E-state index in [0.29, 0.717) is 24.2 Å². The van der Waals surface area contributed by atoms with Crippen molar-refractivity contribution in [3.8, 4) is 0 Å². The number of unbranched alkanes of at least 4 members (excludes halogenated alkanes) is 1. The summed E-state index contributed by atoms with van der Waals surface area (Å²) in [6, 6.07) is 12.5. The summed E-state index contributed by atoms with van der Waals surface area (Å²) in [5.41, 5.74) is 2.56. The third kappa shape index (κ3) is 4.82. The first kappa shape index (κ1) is 20.8. The van der Waals surface area contributed by atoms with Crippen molar-refractivity contribution in [2.24, 2.45) is 0 Å². The number of benzene rings is 1. The maximum atomic E-state index is 12.6. The van der Waals surface area contributed by atoms with E-state index in [-0.39, 0.29) is 11.7 Å². The molecule has 30 heavy (non-hydrogen) atoms. The lowest BCUT2D eigenvalue weighted by Gasteiger charge is -2.34. The Kier molecular flexibility index (Phi) is 6.65. The van der Waals surface area contributed by atoms with Crippen molar-refractivity contribution >= 4 is 11.7 Å². The molecule has 1 amide bonds. The number of piperazine rings is 1. The largest absolute Gasteiger partial charge is 0.343 e. The number of hydrogen-bond acceptors (Lipinski definition) is 4. The lowest BCUT2D eigenvalue weighted by atomic mass is 10.1. The highest BCUT2D eigenvalue weighted by molar-refractivity contribution is 6.08. The second-order valence-corrected chi connectivity index (χ2v) is 8.48. The minimum absolute atomic E-state index is 0.0320. The number of rotatable bonds is 7. The molecule has 6 nitrogen and oxygen atoms in total. The molecule has 0 radical (unpaired) electrons. The number of ketones is 1. The van der Waals surface area contributed by atoms with E-state index in [4.69, 9.17) is 0 Å². The molecule has 0 unspecified atom stereocenters. The quantitative estimate of drug-likeness (QED) is 0.661. The number of hydrogen-bond donors (Lipinski definition) is 0. The Bertz CT molecular complexity index is 869. The van der Waals surface area contributed by atoms with Gasteiger partial charge in [0, 0.05) is 71.0 Å². The molecule has 0 spiro atoms. The Balaban J connectivity index is 1.21. The number of nitrogens with zero attached hydrogens (tertiary/aromatic N) is 4. The number of carbonyl (C=O) groups excluding carboxylic acids is 2. The van der Waals surface area contributed by atoms with Gasteiger partial charge in [-0.15, -0.1) is 0 Å². The van der Waals surface area contributed by atoms with E-state index < -0.39 is 0 Å². The second-order valence-electron chi connectivity index (χ2n) is 8.48. The normalized spacial score (nSPS) is 18.5. The predicted octanol–water partition coefficient (Wildman–Crippen LogP) is 2.74. The third-order valence-corrected chi connectivity index (χ3v) is 6.32. The molecule has 0 bridgehead atoms. The molecule has 4 rings (SSSR count). The number of amides is 1. The van der Waals surface area contributed by atoms with Crippen LogP contribution < -0.4 is 0 Å². The minimum atomic E-state index is -0.0320. The van der Waals surface area contributed by atoms with E-state index in [2.05, 4.69) is 40.1 Å². The number of fused-ring (bicyclic) bond motifs is 1. The van der Waals surface area contributed by atoms with Crippen LogP contribution in [0.25, 0.3) is 0 Å². The standard InChI is InChI=1S/C24H32N4O2/c1-25-13-10-22(29)21-9-14-28(23(21)24(25)30)12-6-5-11-26-15-17-27(18-16-26)19-20-7-3-2-4-8-20/h2-4,7-9,14H,5-6,10-13,15-19H2,1H3. The lowest BCUT2D eigenvalue weighted by Crippen LogP contribution is -2.46. The SMILES string of the molecule is CN1CCC(=O)c2ccn(CCCCN3CCN(Cc4ccccc4)CC3)c2C1=O. The summed E-state index contributed by atoms with van der Waals surface area (Å²) in [6.45, 7) is 7.88. The molecular weight excluding hydrogens is 376 g/mol.